The van der Waals surface area contributed by atoms with Crippen molar-refractivity contribution < 1.29 is 14.7 Å². The number of carbonyl (C=O) groups is 2. The van der Waals surface area contributed by atoms with Crippen LogP contribution in [-0.2, 0) is 4.79 Å². The molecule has 21 heavy (non-hydrogen) atoms. The van der Waals surface area contributed by atoms with Crippen LogP contribution in [0.3, 0.4) is 0 Å². The van der Waals surface area contributed by atoms with Gasteiger partial charge in [-0.1, -0.05) is 37.3 Å². The monoisotopic (exact) mass is 286 g/mol. The molecule has 0 spiro atoms. The van der Waals surface area contributed by atoms with Crippen LogP contribution in [0.15, 0.2) is 42.5 Å². The summed E-state index contributed by atoms with van der Waals surface area (Å²) in [5.41, 5.74) is 2.35. The number of aliphatic carboxylic acids is 1. The minimum Gasteiger partial charge on any atom is -0.481 e. The third-order valence-electron chi connectivity index (χ3n) is 3.15. The highest BCUT2D eigenvalue weighted by Crippen LogP contribution is 2.17. The van der Waals surface area contributed by atoms with E-state index in [1.54, 1.807) is 13.0 Å². The molecule has 0 saturated heterocycles. The van der Waals surface area contributed by atoms with Crippen molar-refractivity contribution in [2.24, 2.45) is 5.92 Å². The van der Waals surface area contributed by atoms with Crippen LogP contribution in [0.25, 0.3) is 11.3 Å². The molecule has 0 saturated carbocycles. The zero-order valence-electron chi connectivity index (χ0n) is 11.8. The van der Waals surface area contributed by atoms with Crippen molar-refractivity contribution in [3.8, 4) is 11.3 Å². The molecule has 1 aromatic carbocycles. The number of hydrogen-bond donors (Lipinski definition) is 3. The minimum atomic E-state index is -0.858. The zero-order chi connectivity index (χ0) is 15.2. The molecule has 1 unspecified atom stereocenters. The van der Waals surface area contributed by atoms with Crippen LogP contribution in [0.4, 0.5) is 0 Å². The van der Waals surface area contributed by atoms with E-state index in [1.807, 2.05) is 36.4 Å². The van der Waals surface area contributed by atoms with E-state index < -0.39 is 5.97 Å². The summed E-state index contributed by atoms with van der Waals surface area (Å²) < 4.78 is 0. The maximum atomic E-state index is 12.0. The van der Waals surface area contributed by atoms with Crippen molar-refractivity contribution in [2.45, 2.75) is 13.3 Å². The summed E-state index contributed by atoms with van der Waals surface area (Å²) in [6.07, 6.45) is 0.0419. The molecule has 0 bridgehead atoms. The number of nitrogens with one attached hydrogen (secondary N) is 2. The second-order valence-electron chi connectivity index (χ2n) is 5.06. The molecular weight excluding hydrogens is 268 g/mol. The van der Waals surface area contributed by atoms with Gasteiger partial charge >= 0.3 is 5.97 Å². The Kier molecular flexibility index (Phi) is 4.77. The molecule has 110 valence electrons. The Hall–Kier alpha value is -2.56. The second-order valence-corrected chi connectivity index (χ2v) is 5.06. The van der Waals surface area contributed by atoms with E-state index in [-0.39, 0.29) is 18.2 Å². The molecule has 1 amide bonds. The molecule has 0 radical (unpaired) electrons. The molecule has 0 fully saturated rings. The number of carboxylic acid groups (broad SMARTS) is 1. The van der Waals surface area contributed by atoms with Gasteiger partial charge in [0.1, 0.15) is 5.69 Å². The van der Waals surface area contributed by atoms with Crippen LogP contribution in [0, 0.1) is 5.92 Å². The standard InChI is InChI=1S/C16H18N2O3/c1-11(9-15(19)20)10-17-16(21)14-8-7-13(18-14)12-5-3-2-4-6-12/h2-8,11,18H,9-10H2,1H3,(H,17,21)(H,19,20). The highest BCUT2D eigenvalue weighted by atomic mass is 16.4. The van der Waals surface area contributed by atoms with Crippen LogP contribution in [0.5, 0.6) is 0 Å². The number of rotatable bonds is 6. The molecular formula is C16H18N2O3. The smallest absolute Gasteiger partial charge is 0.303 e. The average Bonchev–Trinajstić information content (AvgIpc) is 2.95. The lowest BCUT2D eigenvalue weighted by Crippen LogP contribution is -2.29. The third-order valence-corrected chi connectivity index (χ3v) is 3.15. The van der Waals surface area contributed by atoms with E-state index >= 15 is 0 Å². The van der Waals surface area contributed by atoms with E-state index in [0.29, 0.717) is 12.2 Å². The number of carboxylic acids is 1. The van der Waals surface area contributed by atoms with Crippen LogP contribution in [0.1, 0.15) is 23.8 Å². The summed E-state index contributed by atoms with van der Waals surface area (Å²) in [5.74, 6) is -1.19. The first-order valence-corrected chi connectivity index (χ1v) is 6.80. The minimum absolute atomic E-state index is 0.0419. The van der Waals surface area contributed by atoms with Gasteiger partial charge in [0.15, 0.2) is 0 Å². The van der Waals surface area contributed by atoms with Crippen molar-refractivity contribution in [2.75, 3.05) is 6.54 Å². The molecule has 3 N–H and O–H groups in total. The largest absolute Gasteiger partial charge is 0.481 e. The molecule has 0 aliphatic carbocycles. The highest BCUT2D eigenvalue weighted by molar-refractivity contribution is 5.93. The summed E-state index contributed by atoms with van der Waals surface area (Å²) in [6.45, 7) is 2.13. The quantitative estimate of drug-likeness (QED) is 0.763. The molecule has 0 aliphatic rings. The van der Waals surface area contributed by atoms with Gasteiger partial charge in [-0.2, -0.15) is 0 Å². The first-order valence-electron chi connectivity index (χ1n) is 6.80. The Balaban J connectivity index is 1.95. The molecule has 5 nitrogen and oxygen atoms in total. The lowest BCUT2D eigenvalue weighted by molar-refractivity contribution is -0.137. The number of carbonyl (C=O) groups excluding carboxylic acids is 1. The van der Waals surface area contributed by atoms with Crippen molar-refractivity contribution in [1.82, 2.24) is 10.3 Å². The van der Waals surface area contributed by atoms with Crippen molar-refractivity contribution in [3.63, 3.8) is 0 Å². The van der Waals surface area contributed by atoms with E-state index in [2.05, 4.69) is 10.3 Å². The molecule has 1 atom stereocenters. The van der Waals surface area contributed by atoms with Crippen molar-refractivity contribution in [1.29, 1.82) is 0 Å². The van der Waals surface area contributed by atoms with Gasteiger partial charge in [0, 0.05) is 18.7 Å². The topological polar surface area (TPSA) is 82.2 Å². The van der Waals surface area contributed by atoms with E-state index in [9.17, 15) is 9.59 Å². The number of benzene rings is 1. The van der Waals surface area contributed by atoms with Gasteiger partial charge in [-0.3, -0.25) is 9.59 Å². The maximum Gasteiger partial charge on any atom is 0.303 e. The summed E-state index contributed by atoms with van der Waals surface area (Å²) in [6, 6.07) is 13.3. The van der Waals surface area contributed by atoms with Gasteiger partial charge in [0.05, 0.1) is 0 Å². The van der Waals surface area contributed by atoms with Gasteiger partial charge in [-0.25, -0.2) is 0 Å². The molecule has 1 heterocycles. The summed E-state index contributed by atoms with van der Waals surface area (Å²) in [7, 11) is 0. The second kappa shape index (κ2) is 6.74. The van der Waals surface area contributed by atoms with Crippen LogP contribution >= 0.6 is 0 Å². The van der Waals surface area contributed by atoms with Gasteiger partial charge < -0.3 is 15.4 Å². The zero-order valence-corrected chi connectivity index (χ0v) is 11.8. The Labute approximate surface area is 123 Å². The molecule has 5 heteroatoms. The van der Waals surface area contributed by atoms with E-state index in [0.717, 1.165) is 11.3 Å². The first-order chi connectivity index (χ1) is 10.1. The molecule has 2 aromatic rings. The number of aromatic amines is 1. The Bertz CT molecular complexity index is 619. The van der Waals surface area contributed by atoms with E-state index in [4.69, 9.17) is 5.11 Å². The van der Waals surface area contributed by atoms with Crippen molar-refractivity contribution in [3.05, 3.63) is 48.2 Å². The Morgan fingerprint density at radius 3 is 2.57 bits per heavy atom. The van der Waals surface area contributed by atoms with Crippen LogP contribution in [-0.4, -0.2) is 28.5 Å². The predicted molar refractivity (Wildman–Crippen MR) is 80.0 cm³/mol. The summed E-state index contributed by atoms with van der Waals surface area (Å²) in [4.78, 5) is 25.6. The van der Waals surface area contributed by atoms with Gasteiger partial charge in [0.2, 0.25) is 0 Å². The van der Waals surface area contributed by atoms with Crippen molar-refractivity contribution >= 4 is 11.9 Å². The lowest BCUT2D eigenvalue weighted by Gasteiger charge is -2.09. The summed E-state index contributed by atoms with van der Waals surface area (Å²) >= 11 is 0. The van der Waals surface area contributed by atoms with Gasteiger partial charge in [0.25, 0.3) is 5.91 Å². The fraction of sp³-hybridized carbons (Fsp3) is 0.250. The fourth-order valence-corrected chi connectivity index (χ4v) is 2.05. The Morgan fingerprint density at radius 2 is 1.90 bits per heavy atom. The first kappa shape index (κ1) is 14.8. The predicted octanol–water partition coefficient (Wildman–Crippen LogP) is 2.52. The lowest BCUT2D eigenvalue weighted by atomic mass is 10.1. The summed E-state index contributed by atoms with van der Waals surface area (Å²) in [5, 5.41) is 11.4. The molecule has 2 rings (SSSR count). The van der Waals surface area contributed by atoms with Crippen LogP contribution in [0.2, 0.25) is 0 Å². The van der Waals surface area contributed by atoms with E-state index in [1.165, 1.54) is 0 Å². The average molecular weight is 286 g/mol. The van der Waals surface area contributed by atoms with Gasteiger partial charge in [-0.15, -0.1) is 0 Å². The number of aromatic nitrogens is 1. The maximum absolute atomic E-state index is 12.0. The van der Waals surface area contributed by atoms with Gasteiger partial charge in [-0.05, 0) is 23.6 Å². The fourth-order valence-electron chi connectivity index (χ4n) is 2.05. The normalized spacial score (nSPS) is 11.9. The van der Waals surface area contributed by atoms with Crippen LogP contribution < -0.4 is 5.32 Å². The highest BCUT2D eigenvalue weighted by Gasteiger charge is 2.12. The number of amides is 1. The third kappa shape index (κ3) is 4.21. The number of H-pyrrole nitrogens is 1. The Morgan fingerprint density at radius 1 is 1.19 bits per heavy atom. The molecule has 1 aromatic heterocycles. The number of hydrogen-bond acceptors (Lipinski definition) is 2. The molecule has 0 aliphatic heterocycles. The SMILES string of the molecule is CC(CNC(=O)c1ccc(-c2ccccc2)[nH]1)CC(=O)O.